The van der Waals surface area contributed by atoms with E-state index in [-0.39, 0.29) is 17.9 Å². The zero-order chi connectivity index (χ0) is 28.4. The van der Waals surface area contributed by atoms with Crippen LogP contribution in [0.1, 0.15) is 69.7 Å². The second-order valence-corrected chi connectivity index (χ2v) is 12.0. The molecule has 3 heterocycles. The van der Waals surface area contributed by atoms with Gasteiger partial charge in [0.25, 0.3) is 5.91 Å². The van der Waals surface area contributed by atoms with Crippen molar-refractivity contribution in [2.75, 3.05) is 55.5 Å². The number of carbonyl (C=O) groups is 2. The molecule has 0 atom stereocenters. The van der Waals surface area contributed by atoms with Crippen LogP contribution in [0.25, 0.3) is 0 Å². The zero-order valence-electron chi connectivity index (χ0n) is 24.5. The molecule has 3 aliphatic rings. The lowest BCUT2D eigenvalue weighted by Gasteiger charge is -2.34. The Balaban J connectivity index is 1.40. The number of anilines is 4. The smallest absolute Gasteiger partial charge is 0.251 e. The SMILES string of the molecule is CCOc1cc(C(=O)NC2CCN(C)CC2)ccc1Nc1ncc2c(n1)N(C1CCCC1)CC(C)(C)C(=O)N2C. The number of nitrogens with one attached hydrogen (secondary N) is 2. The first kappa shape index (κ1) is 28.1. The van der Waals surface area contributed by atoms with Crippen molar-refractivity contribution in [2.24, 2.45) is 5.41 Å². The standard InChI is InChI=1S/C30H43N7O3/c1-6-40-25-17-20(27(38)32-21-13-15-35(4)16-14-21)11-12-23(25)33-29-31-18-24-26(34-29)37(22-9-7-8-10-22)19-30(2,3)28(39)36(24)5/h11-12,17-18,21-22H,6-10,13-16,19H2,1-5H3,(H,32,38)(H,31,33,34). The summed E-state index contributed by atoms with van der Waals surface area (Å²) >= 11 is 0. The molecule has 2 fully saturated rings. The Hall–Kier alpha value is -3.40. The lowest BCUT2D eigenvalue weighted by Crippen LogP contribution is -2.45. The van der Waals surface area contributed by atoms with Crippen molar-refractivity contribution in [1.82, 2.24) is 20.2 Å². The number of benzene rings is 1. The molecule has 0 unspecified atom stereocenters. The highest BCUT2D eigenvalue weighted by atomic mass is 16.5. The van der Waals surface area contributed by atoms with E-state index in [4.69, 9.17) is 9.72 Å². The molecule has 2 aliphatic heterocycles. The predicted molar refractivity (Wildman–Crippen MR) is 158 cm³/mol. The molecule has 5 rings (SSSR count). The van der Waals surface area contributed by atoms with Gasteiger partial charge in [-0.3, -0.25) is 9.59 Å². The highest BCUT2D eigenvalue weighted by Gasteiger charge is 2.41. The summed E-state index contributed by atoms with van der Waals surface area (Å²) in [6, 6.07) is 5.96. The van der Waals surface area contributed by atoms with Crippen molar-refractivity contribution in [3.63, 3.8) is 0 Å². The number of ether oxygens (including phenoxy) is 1. The summed E-state index contributed by atoms with van der Waals surface area (Å²) in [6.45, 7) is 8.96. The average molecular weight is 550 g/mol. The summed E-state index contributed by atoms with van der Waals surface area (Å²) < 4.78 is 5.93. The molecule has 1 saturated heterocycles. The molecule has 0 radical (unpaired) electrons. The predicted octanol–water partition coefficient (Wildman–Crippen LogP) is 4.19. The Labute approximate surface area is 237 Å². The molecule has 10 nitrogen and oxygen atoms in total. The largest absolute Gasteiger partial charge is 0.492 e. The van der Waals surface area contributed by atoms with Crippen LogP contribution in [0.2, 0.25) is 0 Å². The second-order valence-electron chi connectivity index (χ2n) is 12.0. The minimum atomic E-state index is -0.544. The van der Waals surface area contributed by atoms with Gasteiger partial charge in [0.2, 0.25) is 11.9 Å². The van der Waals surface area contributed by atoms with Crippen LogP contribution in [0.3, 0.4) is 0 Å². The molecule has 40 heavy (non-hydrogen) atoms. The van der Waals surface area contributed by atoms with E-state index in [9.17, 15) is 9.59 Å². The van der Waals surface area contributed by atoms with E-state index in [0.717, 1.165) is 50.3 Å². The summed E-state index contributed by atoms with van der Waals surface area (Å²) in [4.78, 5) is 42.1. The number of likely N-dealkylation sites (tertiary alicyclic amines) is 1. The van der Waals surface area contributed by atoms with Gasteiger partial charge in [-0.25, -0.2) is 4.98 Å². The van der Waals surface area contributed by atoms with Gasteiger partial charge in [-0.15, -0.1) is 0 Å². The zero-order valence-corrected chi connectivity index (χ0v) is 24.5. The van der Waals surface area contributed by atoms with Gasteiger partial charge in [-0.2, -0.15) is 4.98 Å². The second kappa shape index (κ2) is 11.6. The van der Waals surface area contributed by atoms with Gasteiger partial charge in [-0.1, -0.05) is 12.8 Å². The van der Waals surface area contributed by atoms with Crippen molar-refractivity contribution < 1.29 is 14.3 Å². The Morgan fingerprint density at radius 1 is 1.12 bits per heavy atom. The lowest BCUT2D eigenvalue weighted by molar-refractivity contribution is -0.125. The molecule has 2 aromatic rings. The maximum absolute atomic E-state index is 13.3. The van der Waals surface area contributed by atoms with Crippen molar-refractivity contribution in [1.29, 1.82) is 0 Å². The Morgan fingerprint density at radius 3 is 2.55 bits per heavy atom. The number of hydrogen-bond acceptors (Lipinski definition) is 8. The van der Waals surface area contributed by atoms with E-state index in [0.29, 0.717) is 42.1 Å². The molecular weight excluding hydrogens is 506 g/mol. The summed E-state index contributed by atoms with van der Waals surface area (Å²) in [7, 11) is 3.91. The molecule has 2 N–H and O–H groups in total. The Bertz CT molecular complexity index is 1240. The monoisotopic (exact) mass is 549 g/mol. The maximum Gasteiger partial charge on any atom is 0.251 e. The minimum absolute atomic E-state index is 0.0614. The maximum atomic E-state index is 13.3. The molecule has 10 heteroatoms. The van der Waals surface area contributed by atoms with Gasteiger partial charge in [0.15, 0.2) is 5.82 Å². The number of carbonyl (C=O) groups excluding carboxylic acids is 2. The fourth-order valence-corrected chi connectivity index (χ4v) is 6.11. The molecule has 1 saturated carbocycles. The van der Waals surface area contributed by atoms with E-state index < -0.39 is 5.41 Å². The van der Waals surface area contributed by atoms with Gasteiger partial charge in [0.05, 0.1) is 23.9 Å². The highest BCUT2D eigenvalue weighted by Crippen LogP contribution is 2.40. The number of amides is 2. The average Bonchev–Trinajstić information content (AvgIpc) is 3.46. The van der Waals surface area contributed by atoms with Gasteiger partial charge < -0.3 is 30.1 Å². The lowest BCUT2D eigenvalue weighted by atomic mass is 9.91. The third kappa shape index (κ3) is 5.87. The first-order valence-electron chi connectivity index (χ1n) is 14.6. The van der Waals surface area contributed by atoms with Crippen LogP contribution < -0.4 is 25.2 Å². The molecular formula is C30H43N7O3. The highest BCUT2D eigenvalue weighted by molar-refractivity contribution is 6.01. The van der Waals surface area contributed by atoms with Crippen molar-refractivity contribution in [2.45, 2.75) is 71.4 Å². The topological polar surface area (TPSA) is 103 Å². The summed E-state index contributed by atoms with van der Waals surface area (Å²) in [5, 5.41) is 6.50. The number of rotatable bonds is 7. The van der Waals surface area contributed by atoms with Crippen LogP contribution in [0.15, 0.2) is 24.4 Å². The van der Waals surface area contributed by atoms with Crippen LogP contribution in [-0.2, 0) is 4.79 Å². The first-order valence-corrected chi connectivity index (χ1v) is 14.6. The number of hydrogen-bond donors (Lipinski definition) is 2. The molecule has 0 bridgehead atoms. The van der Waals surface area contributed by atoms with Gasteiger partial charge in [-0.05, 0) is 84.8 Å². The quantitative estimate of drug-likeness (QED) is 0.530. The van der Waals surface area contributed by atoms with Gasteiger partial charge >= 0.3 is 0 Å². The van der Waals surface area contributed by atoms with E-state index in [2.05, 4.69) is 32.5 Å². The van der Waals surface area contributed by atoms with Crippen LogP contribution in [0, 0.1) is 5.41 Å². The van der Waals surface area contributed by atoms with Crippen molar-refractivity contribution in [3.05, 3.63) is 30.0 Å². The molecule has 216 valence electrons. The van der Waals surface area contributed by atoms with E-state index >= 15 is 0 Å². The Morgan fingerprint density at radius 2 is 1.85 bits per heavy atom. The molecule has 1 aromatic heterocycles. The fourth-order valence-electron chi connectivity index (χ4n) is 6.11. The third-order valence-corrected chi connectivity index (χ3v) is 8.44. The molecule has 0 spiro atoms. The van der Waals surface area contributed by atoms with Crippen LogP contribution in [-0.4, -0.2) is 79.1 Å². The number of fused-ring (bicyclic) bond motifs is 1. The fraction of sp³-hybridized carbons (Fsp3) is 0.600. The first-order chi connectivity index (χ1) is 19.2. The minimum Gasteiger partial charge on any atom is -0.492 e. The van der Waals surface area contributed by atoms with Crippen LogP contribution in [0.5, 0.6) is 5.75 Å². The summed E-state index contributed by atoms with van der Waals surface area (Å²) in [5.41, 5.74) is 1.42. The summed E-state index contributed by atoms with van der Waals surface area (Å²) in [6.07, 6.45) is 8.19. The molecule has 1 aliphatic carbocycles. The molecule has 1 aromatic carbocycles. The summed E-state index contributed by atoms with van der Waals surface area (Å²) in [5.74, 6) is 1.74. The van der Waals surface area contributed by atoms with Crippen LogP contribution in [0.4, 0.5) is 23.1 Å². The van der Waals surface area contributed by atoms with E-state index in [1.165, 1.54) is 12.8 Å². The normalized spacial score (nSPS) is 20.3. The molecule has 2 amide bonds. The Kier molecular flexibility index (Phi) is 8.16. The van der Waals surface area contributed by atoms with E-state index in [1.54, 1.807) is 30.3 Å². The van der Waals surface area contributed by atoms with Crippen molar-refractivity contribution in [3.8, 4) is 5.75 Å². The number of nitrogens with zero attached hydrogens (tertiary/aromatic N) is 5. The van der Waals surface area contributed by atoms with Crippen molar-refractivity contribution >= 4 is 35.0 Å². The number of piperidine rings is 1. The van der Waals surface area contributed by atoms with Gasteiger partial charge in [0, 0.05) is 31.2 Å². The third-order valence-electron chi connectivity index (χ3n) is 8.44. The van der Waals surface area contributed by atoms with E-state index in [1.807, 2.05) is 26.8 Å². The van der Waals surface area contributed by atoms with Gasteiger partial charge in [0.1, 0.15) is 11.4 Å². The number of aromatic nitrogens is 2. The van der Waals surface area contributed by atoms with Crippen LogP contribution >= 0.6 is 0 Å².